The van der Waals surface area contributed by atoms with Gasteiger partial charge in [0.25, 0.3) is 5.91 Å². The molecule has 0 aliphatic carbocycles. The van der Waals surface area contributed by atoms with Gasteiger partial charge in [-0.3, -0.25) is 4.79 Å². The van der Waals surface area contributed by atoms with Crippen molar-refractivity contribution in [1.82, 2.24) is 15.3 Å². The van der Waals surface area contributed by atoms with Gasteiger partial charge in [0.2, 0.25) is 0 Å². The topological polar surface area (TPSA) is 78.0 Å². The number of aliphatic hydroxyl groups is 1. The fourth-order valence-corrected chi connectivity index (χ4v) is 2.36. The molecular formula is C14H15Cl2N3O2. The molecule has 0 saturated heterocycles. The van der Waals surface area contributed by atoms with Crippen molar-refractivity contribution in [2.45, 2.75) is 19.4 Å². The van der Waals surface area contributed by atoms with E-state index in [9.17, 15) is 9.90 Å². The van der Waals surface area contributed by atoms with Crippen LogP contribution in [0.2, 0.25) is 10.0 Å². The average molecular weight is 328 g/mol. The predicted octanol–water partition coefficient (Wildman–Crippen LogP) is 2.74. The first kappa shape index (κ1) is 15.8. The molecule has 0 bridgehead atoms. The third kappa shape index (κ3) is 3.97. The van der Waals surface area contributed by atoms with E-state index < -0.39 is 6.10 Å². The van der Waals surface area contributed by atoms with Crippen molar-refractivity contribution in [3.8, 4) is 0 Å². The number of halogens is 2. The Morgan fingerprint density at radius 1 is 1.48 bits per heavy atom. The summed E-state index contributed by atoms with van der Waals surface area (Å²) in [4.78, 5) is 18.8. The predicted molar refractivity (Wildman–Crippen MR) is 81.7 cm³/mol. The van der Waals surface area contributed by atoms with Crippen LogP contribution in [0.15, 0.2) is 24.4 Å². The zero-order chi connectivity index (χ0) is 15.4. The molecule has 1 unspecified atom stereocenters. The number of aromatic nitrogens is 2. The van der Waals surface area contributed by atoms with Gasteiger partial charge >= 0.3 is 0 Å². The lowest BCUT2D eigenvalue weighted by Crippen LogP contribution is -2.28. The van der Waals surface area contributed by atoms with E-state index in [-0.39, 0.29) is 12.5 Å². The Morgan fingerprint density at radius 3 is 2.86 bits per heavy atom. The van der Waals surface area contributed by atoms with E-state index in [0.29, 0.717) is 21.3 Å². The second-order valence-corrected chi connectivity index (χ2v) is 5.33. The Balaban J connectivity index is 1.97. The highest BCUT2D eigenvalue weighted by atomic mass is 35.5. The zero-order valence-electron chi connectivity index (χ0n) is 11.4. The Kier molecular flexibility index (Phi) is 5.22. The Morgan fingerprint density at radius 2 is 2.24 bits per heavy atom. The van der Waals surface area contributed by atoms with Gasteiger partial charge in [-0.1, -0.05) is 36.2 Å². The molecule has 1 aromatic heterocycles. The lowest BCUT2D eigenvalue weighted by Gasteiger charge is -2.13. The normalized spacial score (nSPS) is 12.2. The van der Waals surface area contributed by atoms with Crippen LogP contribution >= 0.6 is 23.2 Å². The Hall–Kier alpha value is -1.56. The summed E-state index contributed by atoms with van der Waals surface area (Å²) in [5, 5.41) is 13.5. The van der Waals surface area contributed by atoms with Crippen LogP contribution in [0.4, 0.5) is 0 Å². The van der Waals surface area contributed by atoms with Gasteiger partial charge in [-0.25, -0.2) is 4.98 Å². The number of amides is 1. The molecule has 0 aliphatic rings. The SMILES string of the molecule is CCc1ncc(C(=O)NCC(O)c2ccc(Cl)cc2Cl)[nH]1. The summed E-state index contributed by atoms with van der Waals surface area (Å²) in [6.45, 7) is 1.98. The number of rotatable bonds is 5. The van der Waals surface area contributed by atoms with Gasteiger partial charge < -0.3 is 15.4 Å². The van der Waals surface area contributed by atoms with Crippen molar-refractivity contribution in [3.05, 3.63) is 51.5 Å². The maximum absolute atomic E-state index is 11.9. The summed E-state index contributed by atoms with van der Waals surface area (Å²) in [5.74, 6) is 0.410. The van der Waals surface area contributed by atoms with Crippen molar-refractivity contribution < 1.29 is 9.90 Å². The molecule has 0 aliphatic heterocycles. The number of aryl methyl sites for hydroxylation is 1. The first-order chi connectivity index (χ1) is 10.0. The van der Waals surface area contributed by atoms with Gasteiger partial charge in [0.15, 0.2) is 0 Å². The molecule has 7 heteroatoms. The average Bonchev–Trinajstić information content (AvgIpc) is 2.93. The number of aliphatic hydroxyl groups excluding tert-OH is 1. The minimum atomic E-state index is -0.910. The summed E-state index contributed by atoms with van der Waals surface area (Å²) in [6.07, 6.45) is 1.28. The zero-order valence-corrected chi connectivity index (χ0v) is 12.9. The molecular weight excluding hydrogens is 313 g/mol. The first-order valence-electron chi connectivity index (χ1n) is 6.46. The standard InChI is InChI=1S/C14H15Cl2N3O2/c1-2-13-17-6-11(19-13)14(21)18-7-12(20)9-4-3-8(15)5-10(9)16/h3-6,12,20H,2,7H2,1H3,(H,17,19)(H,18,21). The number of carbonyl (C=O) groups excluding carboxylic acids is 1. The van der Waals surface area contributed by atoms with Crippen LogP contribution in [0.25, 0.3) is 0 Å². The van der Waals surface area contributed by atoms with Crippen LogP contribution in [0.1, 0.15) is 34.9 Å². The highest BCUT2D eigenvalue weighted by Gasteiger charge is 2.15. The molecule has 0 spiro atoms. The molecule has 0 radical (unpaired) electrons. The number of imidazole rings is 1. The highest BCUT2D eigenvalue weighted by molar-refractivity contribution is 6.35. The molecule has 5 nitrogen and oxygen atoms in total. The van der Waals surface area contributed by atoms with Crippen molar-refractivity contribution in [3.63, 3.8) is 0 Å². The van der Waals surface area contributed by atoms with Gasteiger partial charge in [-0.05, 0) is 12.1 Å². The van der Waals surface area contributed by atoms with Gasteiger partial charge in [-0.15, -0.1) is 0 Å². The number of hydrogen-bond acceptors (Lipinski definition) is 3. The fourth-order valence-electron chi connectivity index (χ4n) is 1.82. The van der Waals surface area contributed by atoms with E-state index in [2.05, 4.69) is 15.3 Å². The van der Waals surface area contributed by atoms with E-state index in [1.807, 2.05) is 6.92 Å². The minimum absolute atomic E-state index is 0.0423. The molecule has 21 heavy (non-hydrogen) atoms. The second kappa shape index (κ2) is 6.93. The molecule has 0 saturated carbocycles. The van der Waals surface area contributed by atoms with E-state index >= 15 is 0 Å². The first-order valence-corrected chi connectivity index (χ1v) is 7.22. The Labute approximate surface area is 132 Å². The fraction of sp³-hybridized carbons (Fsp3) is 0.286. The summed E-state index contributed by atoms with van der Waals surface area (Å²) in [7, 11) is 0. The van der Waals surface area contributed by atoms with Crippen LogP contribution in [0, 0.1) is 0 Å². The van der Waals surface area contributed by atoms with E-state index in [4.69, 9.17) is 23.2 Å². The third-order valence-electron chi connectivity index (χ3n) is 2.99. The minimum Gasteiger partial charge on any atom is -0.387 e. The number of carbonyl (C=O) groups is 1. The van der Waals surface area contributed by atoms with Gasteiger partial charge in [0.1, 0.15) is 11.5 Å². The highest BCUT2D eigenvalue weighted by Crippen LogP contribution is 2.25. The van der Waals surface area contributed by atoms with Gasteiger partial charge in [0.05, 0.1) is 12.3 Å². The van der Waals surface area contributed by atoms with Crippen molar-refractivity contribution >= 4 is 29.1 Å². The number of hydrogen-bond donors (Lipinski definition) is 3. The molecule has 0 fully saturated rings. The van der Waals surface area contributed by atoms with Gasteiger partial charge in [-0.2, -0.15) is 0 Å². The van der Waals surface area contributed by atoms with Gasteiger partial charge in [0, 0.05) is 28.6 Å². The number of H-pyrrole nitrogens is 1. The van der Waals surface area contributed by atoms with E-state index in [1.54, 1.807) is 18.2 Å². The molecule has 1 heterocycles. The lowest BCUT2D eigenvalue weighted by molar-refractivity contribution is 0.0912. The van der Waals surface area contributed by atoms with Crippen LogP contribution in [-0.4, -0.2) is 27.5 Å². The summed E-state index contributed by atoms with van der Waals surface area (Å²) < 4.78 is 0. The number of aromatic amines is 1. The van der Waals surface area contributed by atoms with Crippen LogP contribution in [-0.2, 0) is 6.42 Å². The summed E-state index contributed by atoms with van der Waals surface area (Å²) in [5.41, 5.74) is 0.876. The Bertz CT molecular complexity index is 643. The second-order valence-electron chi connectivity index (χ2n) is 4.49. The third-order valence-corrected chi connectivity index (χ3v) is 3.55. The van der Waals surface area contributed by atoms with Crippen molar-refractivity contribution in [2.75, 3.05) is 6.54 Å². The van der Waals surface area contributed by atoms with Crippen LogP contribution in [0.3, 0.4) is 0 Å². The summed E-state index contributed by atoms with van der Waals surface area (Å²) >= 11 is 11.8. The molecule has 1 amide bonds. The van der Waals surface area contributed by atoms with Crippen molar-refractivity contribution in [1.29, 1.82) is 0 Å². The molecule has 3 N–H and O–H groups in total. The van der Waals surface area contributed by atoms with Crippen LogP contribution in [0.5, 0.6) is 0 Å². The maximum atomic E-state index is 11.9. The molecule has 2 aromatic rings. The molecule has 112 valence electrons. The molecule has 1 atom stereocenters. The number of nitrogens with zero attached hydrogens (tertiary/aromatic N) is 1. The molecule has 1 aromatic carbocycles. The monoisotopic (exact) mass is 327 g/mol. The lowest BCUT2D eigenvalue weighted by atomic mass is 10.1. The smallest absolute Gasteiger partial charge is 0.269 e. The van der Waals surface area contributed by atoms with E-state index in [1.165, 1.54) is 6.20 Å². The number of nitrogens with one attached hydrogen (secondary N) is 2. The van der Waals surface area contributed by atoms with Crippen molar-refractivity contribution in [2.24, 2.45) is 0 Å². The quantitative estimate of drug-likeness (QED) is 0.790. The largest absolute Gasteiger partial charge is 0.387 e. The van der Waals surface area contributed by atoms with E-state index in [0.717, 1.165) is 12.2 Å². The maximum Gasteiger partial charge on any atom is 0.269 e. The van der Waals surface area contributed by atoms with Crippen LogP contribution < -0.4 is 5.32 Å². The molecule has 2 rings (SSSR count). The summed E-state index contributed by atoms with van der Waals surface area (Å²) in [6, 6.07) is 4.81. The number of benzene rings is 1.